The van der Waals surface area contributed by atoms with Crippen molar-refractivity contribution in [1.82, 2.24) is 0 Å². The molecule has 1 fully saturated rings. The molecule has 154 valence electrons. The Morgan fingerprint density at radius 1 is 0.893 bits per heavy atom. The highest BCUT2D eigenvalue weighted by atomic mass is 16.7. The molecule has 0 radical (unpaired) electrons. The molecule has 28 heavy (non-hydrogen) atoms. The first kappa shape index (κ1) is 21.8. The summed E-state index contributed by atoms with van der Waals surface area (Å²) in [5.41, 5.74) is 0.914. The van der Waals surface area contributed by atoms with Gasteiger partial charge in [0.05, 0.1) is 13.2 Å². The van der Waals surface area contributed by atoms with Gasteiger partial charge in [-0.3, -0.25) is 14.4 Å². The van der Waals surface area contributed by atoms with Crippen LogP contribution in [0.25, 0.3) is 0 Å². The van der Waals surface area contributed by atoms with Gasteiger partial charge in [0.1, 0.15) is 6.10 Å². The predicted octanol–water partition coefficient (Wildman–Crippen LogP) is 0.715. The van der Waals surface area contributed by atoms with E-state index in [0.29, 0.717) is 0 Å². The van der Waals surface area contributed by atoms with Gasteiger partial charge in [-0.05, 0) is 5.56 Å². The van der Waals surface area contributed by atoms with Crippen LogP contribution in [0.2, 0.25) is 0 Å². The number of hydrogen-bond acceptors (Lipinski definition) is 9. The first-order valence-electron chi connectivity index (χ1n) is 8.74. The van der Waals surface area contributed by atoms with Crippen LogP contribution in [0.4, 0.5) is 0 Å². The quantitative estimate of drug-likeness (QED) is 0.525. The van der Waals surface area contributed by atoms with Gasteiger partial charge < -0.3 is 28.8 Å². The van der Waals surface area contributed by atoms with Crippen molar-refractivity contribution in [1.29, 1.82) is 0 Å². The van der Waals surface area contributed by atoms with Crippen molar-refractivity contribution < 1.29 is 43.2 Å². The molecule has 0 amide bonds. The third-order valence-corrected chi connectivity index (χ3v) is 3.91. The molecule has 0 bridgehead atoms. The third-order valence-electron chi connectivity index (χ3n) is 3.91. The molecule has 1 heterocycles. The summed E-state index contributed by atoms with van der Waals surface area (Å²) in [5.74, 6) is -2.07. The molecule has 1 N–H and O–H groups in total. The molecule has 0 spiro atoms. The smallest absolute Gasteiger partial charge is 0.303 e. The van der Waals surface area contributed by atoms with Crippen molar-refractivity contribution in [2.24, 2.45) is 0 Å². The number of carbonyl (C=O) groups excluding carboxylic acids is 3. The third kappa shape index (κ3) is 6.29. The maximum absolute atomic E-state index is 11.6. The lowest BCUT2D eigenvalue weighted by Gasteiger charge is -2.42. The molecular weight excluding hydrogens is 372 g/mol. The normalized spacial score (nSPS) is 26.9. The average molecular weight is 396 g/mol. The topological polar surface area (TPSA) is 118 Å². The highest BCUT2D eigenvalue weighted by molar-refractivity contribution is 5.68. The number of aliphatic hydroxyl groups excluding tert-OH is 1. The van der Waals surface area contributed by atoms with E-state index in [1.807, 2.05) is 30.3 Å². The highest BCUT2D eigenvalue weighted by Gasteiger charge is 2.51. The molecule has 1 aromatic carbocycles. The van der Waals surface area contributed by atoms with Crippen molar-refractivity contribution in [2.75, 3.05) is 6.61 Å². The molecule has 5 atom stereocenters. The lowest BCUT2D eigenvalue weighted by atomic mass is 9.98. The lowest BCUT2D eigenvalue weighted by molar-refractivity contribution is -0.297. The van der Waals surface area contributed by atoms with Crippen LogP contribution >= 0.6 is 0 Å². The molecule has 9 heteroatoms. The Bertz CT molecular complexity index is 675. The van der Waals surface area contributed by atoms with E-state index in [2.05, 4.69) is 0 Å². The summed E-state index contributed by atoms with van der Waals surface area (Å²) < 4.78 is 26.5. The van der Waals surface area contributed by atoms with Crippen LogP contribution in [0.1, 0.15) is 26.3 Å². The molecule has 0 saturated carbocycles. The van der Waals surface area contributed by atoms with Crippen molar-refractivity contribution in [3.05, 3.63) is 35.9 Å². The van der Waals surface area contributed by atoms with Crippen LogP contribution in [-0.4, -0.2) is 60.3 Å². The number of ether oxygens (including phenoxy) is 5. The van der Waals surface area contributed by atoms with Gasteiger partial charge >= 0.3 is 17.9 Å². The number of esters is 3. The van der Waals surface area contributed by atoms with E-state index in [1.165, 1.54) is 6.92 Å². The standard InChI is InChI=1S/C19H24O9/c1-11(20)25-16-15(10-24-9-14-7-5-4-6-8-14)28-19(23)18(27-13(3)22)17(16)26-12(2)21/h4-8,15-19,23H,9-10H2,1-3H3/t15-,16+,17+,18+,19?/m0/s1. The van der Waals surface area contributed by atoms with E-state index in [-0.39, 0.29) is 13.2 Å². The summed E-state index contributed by atoms with van der Waals surface area (Å²) >= 11 is 0. The van der Waals surface area contributed by atoms with E-state index < -0.39 is 48.6 Å². The van der Waals surface area contributed by atoms with Gasteiger partial charge in [0.25, 0.3) is 0 Å². The van der Waals surface area contributed by atoms with Crippen LogP contribution in [0.5, 0.6) is 0 Å². The maximum Gasteiger partial charge on any atom is 0.303 e. The first-order chi connectivity index (χ1) is 13.3. The Morgan fingerprint density at radius 2 is 1.43 bits per heavy atom. The summed E-state index contributed by atoms with van der Waals surface area (Å²) in [5, 5.41) is 10.3. The fourth-order valence-corrected chi connectivity index (χ4v) is 2.87. The minimum atomic E-state index is -1.59. The van der Waals surface area contributed by atoms with Crippen LogP contribution < -0.4 is 0 Å². The summed E-state index contributed by atoms with van der Waals surface area (Å²) in [7, 11) is 0. The number of benzene rings is 1. The summed E-state index contributed by atoms with van der Waals surface area (Å²) in [6, 6.07) is 9.35. The largest absolute Gasteiger partial charge is 0.456 e. The summed E-state index contributed by atoms with van der Waals surface area (Å²) in [6.45, 7) is 3.66. The van der Waals surface area contributed by atoms with Crippen LogP contribution in [0.15, 0.2) is 30.3 Å². The van der Waals surface area contributed by atoms with Crippen molar-refractivity contribution in [2.45, 2.75) is 58.1 Å². The Kier molecular flexibility index (Phi) is 7.91. The van der Waals surface area contributed by atoms with Gasteiger partial charge in [0.15, 0.2) is 24.6 Å². The minimum absolute atomic E-state index is 0.0611. The van der Waals surface area contributed by atoms with Gasteiger partial charge in [-0.2, -0.15) is 0 Å². The number of carbonyl (C=O) groups is 3. The summed E-state index contributed by atoms with van der Waals surface area (Å²) in [4.78, 5) is 34.5. The molecule has 1 saturated heterocycles. The molecule has 0 aromatic heterocycles. The summed E-state index contributed by atoms with van der Waals surface area (Å²) in [6.07, 6.45) is -6.27. The molecule has 9 nitrogen and oxygen atoms in total. The number of rotatable bonds is 7. The van der Waals surface area contributed by atoms with E-state index in [9.17, 15) is 19.5 Å². The second kappa shape index (κ2) is 10.2. The Labute approximate surface area is 162 Å². The van der Waals surface area contributed by atoms with E-state index >= 15 is 0 Å². The van der Waals surface area contributed by atoms with Crippen molar-refractivity contribution in [3.8, 4) is 0 Å². The van der Waals surface area contributed by atoms with Crippen LogP contribution in [0.3, 0.4) is 0 Å². The number of aliphatic hydroxyl groups is 1. The fraction of sp³-hybridized carbons (Fsp3) is 0.526. The molecule has 1 unspecified atom stereocenters. The van der Waals surface area contributed by atoms with Gasteiger partial charge in [-0.15, -0.1) is 0 Å². The van der Waals surface area contributed by atoms with Gasteiger partial charge in [0.2, 0.25) is 0 Å². The average Bonchev–Trinajstić information content (AvgIpc) is 2.61. The first-order valence-corrected chi connectivity index (χ1v) is 8.74. The van der Waals surface area contributed by atoms with Gasteiger partial charge in [0, 0.05) is 20.8 Å². The molecule has 1 aliphatic rings. The number of hydrogen-bond donors (Lipinski definition) is 1. The maximum atomic E-state index is 11.6. The fourth-order valence-electron chi connectivity index (χ4n) is 2.87. The van der Waals surface area contributed by atoms with Crippen molar-refractivity contribution in [3.63, 3.8) is 0 Å². The SMILES string of the molecule is CC(=O)O[C@@H]1[C@H](OC(C)=O)[C@H](COCc2ccccc2)OC(O)[C@@H]1OC(C)=O. The second-order valence-electron chi connectivity index (χ2n) is 6.29. The van der Waals surface area contributed by atoms with E-state index in [4.69, 9.17) is 23.7 Å². The van der Waals surface area contributed by atoms with Crippen LogP contribution in [0, 0.1) is 0 Å². The second-order valence-corrected chi connectivity index (χ2v) is 6.29. The lowest BCUT2D eigenvalue weighted by Crippen LogP contribution is -2.62. The van der Waals surface area contributed by atoms with E-state index in [0.717, 1.165) is 19.4 Å². The van der Waals surface area contributed by atoms with Gasteiger partial charge in [-0.1, -0.05) is 30.3 Å². The zero-order valence-corrected chi connectivity index (χ0v) is 15.9. The Morgan fingerprint density at radius 3 is 2.00 bits per heavy atom. The zero-order chi connectivity index (χ0) is 20.7. The van der Waals surface area contributed by atoms with Crippen LogP contribution in [-0.2, 0) is 44.7 Å². The van der Waals surface area contributed by atoms with E-state index in [1.54, 1.807) is 0 Å². The predicted molar refractivity (Wildman–Crippen MR) is 93.6 cm³/mol. The Balaban J connectivity index is 2.16. The molecular formula is C19H24O9. The molecule has 1 aliphatic heterocycles. The molecule has 1 aromatic rings. The van der Waals surface area contributed by atoms with Crippen molar-refractivity contribution >= 4 is 17.9 Å². The monoisotopic (exact) mass is 396 g/mol. The van der Waals surface area contributed by atoms with Gasteiger partial charge in [-0.25, -0.2) is 0 Å². The zero-order valence-electron chi connectivity index (χ0n) is 15.9. The minimum Gasteiger partial charge on any atom is -0.456 e. The highest BCUT2D eigenvalue weighted by Crippen LogP contribution is 2.28. The molecule has 0 aliphatic carbocycles. The Hall–Kier alpha value is -2.49. The molecule has 2 rings (SSSR count).